The van der Waals surface area contributed by atoms with Crippen molar-refractivity contribution in [1.82, 2.24) is 25.3 Å². The number of carbonyl (C=O) groups is 1. The maximum Gasteiger partial charge on any atom is 0.325 e. The molecule has 116 valence electrons. The predicted octanol–water partition coefficient (Wildman–Crippen LogP) is 1.10. The van der Waals surface area contributed by atoms with Crippen LogP contribution >= 0.6 is 11.3 Å². The van der Waals surface area contributed by atoms with Crippen LogP contribution in [-0.4, -0.2) is 59.6 Å². The van der Waals surface area contributed by atoms with Crippen molar-refractivity contribution in [3.63, 3.8) is 0 Å². The van der Waals surface area contributed by atoms with Crippen molar-refractivity contribution in [1.29, 1.82) is 0 Å². The van der Waals surface area contributed by atoms with E-state index in [0.29, 0.717) is 23.5 Å². The highest BCUT2D eigenvalue weighted by molar-refractivity contribution is 7.17. The molecule has 1 aliphatic rings. The van der Waals surface area contributed by atoms with Crippen LogP contribution in [0.4, 0.5) is 9.93 Å². The number of carbonyl (C=O) groups excluding carboxylic acids is 1. The second-order valence-corrected chi connectivity index (χ2v) is 5.53. The Hall–Kier alpha value is -2.03. The number of amides is 2. The summed E-state index contributed by atoms with van der Waals surface area (Å²) < 4.78 is 5.72. The summed E-state index contributed by atoms with van der Waals surface area (Å²) in [5.41, 5.74) is 0. The van der Waals surface area contributed by atoms with Gasteiger partial charge in [-0.1, -0.05) is 5.10 Å². The number of nitrogens with one attached hydrogen (secondary N) is 1. The van der Waals surface area contributed by atoms with Crippen LogP contribution in [-0.2, 0) is 0 Å². The van der Waals surface area contributed by atoms with Gasteiger partial charge in [-0.05, 0) is 25.2 Å². The maximum atomic E-state index is 12.0. The molecule has 9 heteroatoms. The Kier molecular flexibility index (Phi) is 4.84. The second kappa shape index (κ2) is 6.61. The fourth-order valence-corrected chi connectivity index (χ4v) is 2.40. The summed E-state index contributed by atoms with van der Waals surface area (Å²) in [5.74, 6) is 0. The Labute approximate surface area is 128 Å². The summed E-state index contributed by atoms with van der Waals surface area (Å²) >= 11 is 1.25. The molecule has 0 aromatic carbocycles. The number of nitrogens with zero attached hydrogens (tertiary/aromatic N) is 5. The maximum absolute atomic E-state index is 12.0. The number of hydrogen-bond acceptors (Lipinski definition) is 7. The number of urea groups is 1. The summed E-state index contributed by atoms with van der Waals surface area (Å²) in [6.07, 6.45) is 3.62. The van der Waals surface area contributed by atoms with Gasteiger partial charge < -0.3 is 19.9 Å². The van der Waals surface area contributed by atoms with E-state index >= 15 is 0 Å². The smallest absolute Gasteiger partial charge is 0.325 e. The van der Waals surface area contributed by atoms with Crippen LogP contribution in [0.1, 0.15) is 13.8 Å². The van der Waals surface area contributed by atoms with Gasteiger partial charge in [-0.3, -0.25) is 4.90 Å². The zero-order valence-corrected chi connectivity index (χ0v) is 13.4. The molecular weight excluding hydrogens is 292 g/mol. The normalized spacial score (nSPS) is 14.8. The molecule has 0 spiro atoms. The average molecular weight is 312 g/mol. The van der Waals surface area contributed by atoms with Gasteiger partial charge >= 0.3 is 6.03 Å². The molecule has 0 aliphatic carbocycles. The lowest BCUT2D eigenvalue weighted by Gasteiger charge is -2.22. The van der Waals surface area contributed by atoms with Gasteiger partial charge in [0.25, 0.3) is 5.19 Å². The van der Waals surface area contributed by atoms with Gasteiger partial charge in [0, 0.05) is 33.0 Å². The highest BCUT2D eigenvalue weighted by Crippen LogP contribution is 2.27. The van der Waals surface area contributed by atoms with E-state index in [0.717, 1.165) is 0 Å². The standard InChI is InChI=1S/C12H20N6O2S/c1-5-16(3)12(19)17(4)10-14-15-11(21-10)20-9(2)18-7-6-13-8-18/h6-7,9,13H,5,8H2,1-4H3. The fourth-order valence-electron chi connectivity index (χ4n) is 1.68. The van der Waals surface area contributed by atoms with Crippen molar-refractivity contribution >= 4 is 22.5 Å². The van der Waals surface area contributed by atoms with Crippen LogP contribution in [0.2, 0.25) is 0 Å². The van der Waals surface area contributed by atoms with E-state index in [4.69, 9.17) is 4.74 Å². The zero-order valence-electron chi connectivity index (χ0n) is 12.6. The van der Waals surface area contributed by atoms with Crippen LogP contribution in [0.15, 0.2) is 12.4 Å². The van der Waals surface area contributed by atoms with E-state index < -0.39 is 0 Å². The molecule has 1 N–H and O–H groups in total. The molecule has 0 saturated carbocycles. The molecule has 21 heavy (non-hydrogen) atoms. The third-order valence-corrected chi connectivity index (χ3v) is 4.06. The van der Waals surface area contributed by atoms with Crippen molar-refractivity contribution in [2.75, 3.05) is 32.2 Å². The SMILES string of the molecule is CCN(C)C(=O)N(C)c1nnc(OC(C)N2C=CNC2)s1. The molecule has 1 aliphatic heterocycles. The lowest BCUT2D eigenvalue weighted by atomic mass is 10.6. The molecule has 1 aromatic heterocycles. The zero-order chi connectivity index (χ0) is 15.4. The van der Waals surface area contributed by atoms with E-state index in [9.17, 15) is 4.79 Å². The third-order valence-electron chi connectivity index (χ3n) is 3.17. The lowest BCUT2D eigenvalue weighted by Crippen LogP contribution is -2.38. The van der Waals surface area contributed by atoms with E-state index in [1.54, 1.807) is 19.0 Å². The molecule has 1 unspecified atom stereocenters. The van der Waals surface area contributed by atoms with Crippen LogP contribution < -0.4 is 15.0 Å². The number of hydrogen-bond donors (Lipinski definition) is 1. The third kappa shape index (κ3) is 3.54. The predicted molar refractivity (Wildman–Crippen MR) is 81.1 cm³/mol. The van der Waals surface area contributed by atoms with Gasteiger partial charge in [-0.15, -0.1) is 5.10 Å². The Morgan fingerprint density at radius 1 is 1.57 bits per heavy atom. The van der Waals surface area contributed by atoms with Gasteiger partial charge in [0.2, 0.25) is 5.13 Å². The van der Waals surface area contributed by atoms with E-state index in [-0.39, 0.29) is 12.3 Å². The quantitative estimate of drug-likeness (QED) is 0.878. The van der Waals surface area contributed by atoms with Gasteiger partial charge in [0.1, 0.15) is 0 Å². The second-order valence-electron chi connectivity index (χ2n) is 4.62. The minimum Gasteiger partial charge on any atom is -0.445 e. The van der Waals surface area contributed by atoms with Gasteiger partial charge in [0.05, 0.1) is 6.67 Å². The molecule has 2 heterocycles. The first-order chi connectivity index (χ1) is 10.0. The molecule has 0 radical (unpaired) electrons. The van der Waals surface area contributed by atoms with Crippen molar-refractivity contribution in [2.24, 2.45) is 0 Å². The van der Waals surface area contributed by atoms with Crippen LogP contribution in [0.3, 0.4) is 0 Å². The highest BCUT2D eigenvalue weighted by Gasteiger charge is 2.21. The van der Waals surface area contributed by atoms with E-state index in [1.807, 2.05) is 31.1 Å². The van der Waals surface area contributed by atoms with Crippen molar-refractivity contribution in [2.45, 2.75) is 20.1 Å². The fraction of sp³-hybridized carbons (Fsp3) is 0.583. The minimum atomic E-state index is -0.156. The molecule has 2 rings (SSSR count). The van der Waals surface area contributed by atoms with Gasteiger partial charge in [0.15, 0.2) is 6.23 Å². The molecule has 2 amide bonds. The molecule has 0 fully saturated rings. The Balaban J connectivity index is 1.97. The molecule has 0 saturated heterocycles. The molecule has 1 aromatic rings. The lowest BCUT2D eigenvalue weighted by molar-refractivity contribution is 0.0809. The first-order valence-electron chi connectivity index (χ1n) is 6.67. The molecule has 1 atom stereocenters. The van der Waals surface area contributed by atoms with Crippen molar-refractivity contribution in [3.05, 3.63) is 12.4 Å². The number of rotatable bonds is 5. The van der Waals surface area contributed by atoms with Crippen LogP contribution in [0, 0.1) is 0 Å². The molecular formula is C12H20N6O2S. The Bertz CT molecular complexity index is 520. The molecule has 8 nitrogen and oxygen atoms in total. The average Bonchev–Trinajstić information content (AvgIpc) is 3.15. The Morgan fingerprint density at radius 3 is 2.95 bits per heavy atom. The van der Waals surface area contributed by atoms with E-state index in [2.05, 4.69) is 15.5 Å². The van der Waals surface area contributed by atoms with Crippen molar-refractivity contribution < 1.29 is 9.53 Å². The minimum absolute atomic E-state index is 0.125. The number of anilines is 1. The number of aromatic nitrogens is 2. The summed E-state index contributed by atoms with van der Waals surface area (Å²) in [6.45, 7) is 5.18. The summed E-state index contributed by atoms with van der Waals surface area (Å²) in [5, 5.41) is 12.0. The summed E-state index contributed by atoms with van der Waals surface area (Å²) in [4.78, 5) is 17.1. The first-order valence-corrected chi connectivity index (χ1v) is 7.49. The van der Waals surface area contributed by atoms with Crippen molar-refractivity contribution in [3.8, 4) is 5.19 Å². The summed E-state index contributed by atoms with van der Waals surface area (Å²) in [7, 11) is 3.42. The topological polar surface area (TPSA) is 73.8 Å². The Morgan fingerprint density at radius 2 is 2.33 bits per heavy atom. The largest absolute Gasteiger partial charge is 0.445 e. The van der Waals surface area contributed by atoms with Crippen LogP contribution in [0.5, 0.6) is 5.19 Å². The van der Waals surface area contributed by atoms with Gasteiger partial charge in [-0.25, -0.2) is 4.79 Å². The highest BCUT2D eigenvalue weighted by atomic mass is 32.1. The van der Waals surface area contributed by atoms with Crippen LogP contribution in [0.25, 0.3) is 0 Å². The first kappa shape index (κ1) is 15.4. The van der Waals surface area contributed by atoms with Gasteiger partial charge in [-0.2, -0.15) is 0 Å². The number of ether oxygens (including phenoxy) is 1. The van der Waals surface area contributed by atoms with E-state index in [1.165, 1.54) is 16.2 Å². The molecule has 0 bridgehead atoms. The monoisotopic (exact) mass is 312 g/mol. The summed E-state index contributed by atoms with van der Waals surface area (Å²) in [6, 6.07) is -0.125.